The van der Waals surface area contributed by atoms with Crippen molar-refractivity contribution in [1.82, 2.24) is 5.32 Å². The number of ether oxygens (including phenoxy) is 1. The van der Waals surface area contributed by atoms with Crippen LogP contribution in [0, 0.1) is 0 Å². The average Bonchev–Trinajstić information content (AvgIpc) is 2.38. The van der Waals surface area contributed by atoms with Gasteiger partial charge in [0.1, 0.15) is 12.4 Å². The first kappa shape index (κ1) is 16.0. The second-order valence-electron chi connectivity index (χ2n) is 5.70. The van der Waals surface area contributed by atoms with Crippen molar-refractivity contribution in [2.75, 3.05) is 13.2 Å². The highest BCUT2D eigenvalue weighted by Gasteiger charge is 2.24. The van der Waals surface area contributed by atoms with Gasteiger partial charge in [-0.3, -0.25) is 0 Å². The molecule has 0 saturated carbocycles. The van der Waals surface area contributed by atoms with Gasteiger partial charge in [-0.1, -0.05) is 39.3 Å². The van der Waals surface area contributed by atoms with E-state index in [0.717, 1.165) is 18.6 Å². The summed E-state index contributed by atoms with van der Waals surface area (Å²) < 4.78 is 5.77. The minimum atomic E-state index is -0.406. The molecule has 0 saturated heterocycles. The molecule has 3 nitrogen and oxygen atoms in total. The van der Waals surface area contributed by atoms with Crippen LogP contribution >= 0.6 is 0 Å². The number of aliphatic hydroxyl groups excluding tert-OH is 1. The summed E-state index contributed by atoms with van der Waals surface area (Å²) in [5.74, 6) is 0.852. The molecule has 108 valence electrons. The fraction of sp³-hybridized carbons (Fsp3) is 0.625. The predicted octanol–water partition coefficient (Wildman–Crippen LogP) is 2.77. The minimum absolute atomic E-state index is 0.0547. The Hall–Kier alpha value is -1.06. The lowest BCUT2D eigenvalue weighted by Gasteiger charge is -2.30. The number of aliphatic hydroxyl groups is 1. The molecule has 1 aromatic carbocycles. The normalized spacial score (nSPS) is 14.4. The fourth-order valence-corrected chi connectivity index (χ4v) is 2.11. The van der Waals surface area contributed by atoms with Crippen LogP contribution in [0.3, 0.4) is 0 Å². The second-order valence-corrected chi connectivity index (χ2v) is 5.70. The van der Waals surface area contributed by atoms with E-state index in [0.29, 0.717) is 12.6 Å². The molecule has 0 aliphatic rings. The van der Waals surface area contributed by atoms with Crippen LogP contribution in [-0.4, -0.2) is 29.9 Å². The molecule has 0 aromatic heterocycles. The van der Waals surface area contributed by atoms with E-state index in [1.807, 2.05) is 19.1 Å². The summed E-state index contributed by atoms with van der Waals surface area (Å²) in [6.07, 6.45) is 2.25. The van der Waals surface area contributed by atoms with Crippen LogP contribution in [0.4, 0.5) is 0 Å². The number of rotatable bonds is 8. The standard InChI is InChI=1S/C16H27NO2/c1-5-6-14-7-9-15(10-8-14)19-12-16(4,11-18)17-13(2)3/h7-10,13,17-18H,5-6,11-12H2,1-4H3. The Balaban J connectivity index is 2.54. The van der Waals surface area contributed by atoms with Gasteiger partial charge in [-0.2, -0.15) is 0 Å². The highest BCUT2D eigenvalue weighted by Crippen LogP contribution is 2.15. The molecule has 1 atom stereocenters. The van der Waals surface area contributed by atoms with Crippen LogP contribution in [0.2, 0.25) is 0 Å². The van der Waals surface area contributed by atoms with Gasteiger partial charge in [-0.05, 0) is 31.0 Å². The molecule has 3 heteroatoms. The number of benzene rings is 1. The van der Waals surface area contributed by atoms with E-state index in [1.54, 1.807) is 0 Å². The maximum Gasteiger partial charge on any atom is 0.119 e. The van der Waals surface area contributed by atoms with Gasteiger partial charge in [0.25, 0.3) is 0 Å². The lowest BCUT2D eigenvalue weighted by Crippen LogP contribution is -2.53. The van der Waals surface area contributed by atoms with Gasteiger partial charge in [0, 0.05) is 6.04 Å². The first-order chi connectivity index (χ1) is 8.99. The first-order valence-corrected chi connectivity index (χ1v) is 7.09. The summed E-state index contributed by atoms with van der Waals surface area (Å²) in [7, 11) is 0. The Morgan fingerprint density at radius 3 is 2.37 bits per heavy atom. The summed E-state index contributed by atoms with van der Waals surface area (Å²) in [6.45, 7) is 8.78. The molecule has 0 aliphatic carbocycles. The van der Waals surface area contributed by atoms with Crippen molar-refractivity contribution >= 4 is 0 Å². The molecule has 0 amide bonds. The molecule has 1 aromatic rings. The van der Waals surface area contributed by atoms with Crippen molar-refractivity contribution in [1.29, 1.82) is 0 Å². The number of hydrogen-bond acceptors (Lipinski definition) is 3. The van der Waals surface area contributed by atoms with Crippen molar-refractivity contribution in [2.45, 2.75) is 52.1 Å². The molecule has 0 bridgehead atoms. The molecule has 1 rings (SSSR count). The van der Waals surface area contributed by atoms with Gasteiger partial charge in [0.2, 0.25) is 0 Å². The maximum atomic E-state index is 9.48. The highest BCUT2D eigenvalue weighted by atomic mass is 16.5. The zero-order valence-corrected chi connectivity index (χ0v) is 12.6. The van der Waals surface area contributed by atoms with E-state index in [4.69, 9.17) is 4.74 Å². The third kappa shape index (κ3) is 5.62. The van der Waals surface area contributed by atoms with Crippen molar-refractivity contribution in [2.24, 2.45) is 0 Å². The lowest BCUT2D eigenvalue weighted by atomic mass is 10.0. The van der Waals surface area contributed by atoms with Crippen molar-refractivity contribution in [3.8, 4) is 5.75 Å². The van der Waals surface area contributed by atoms with Gasteiger partial charge < -0.3 is 15.2 Å². The van der Waals surface area contributed by atoms with Gasteiger partial charge in [-0.15, -0.1) is 0 Å². The van der Waals surface area contributed by atoms with Gasteiger partial charge >= 0.3 is 0 Å². The quantitative estimate of drug-likeness (QED) is 0.759. The van der Waals surface area contributed by atoms with Crippen LogP contribution in [-0.2, 0) is 6.42 Å². The molecular weight excluding hydrogens is 238 g/mol. The number of aryl methyl sites for hydroxylation is 1. The Morgan fingerprint density at radius 2 is 1.89 bits per heavy atom. The zero-order valence-electron chi connectivity index (χ0n) is 12.6. The smallest absolute Gasteiger partial charge is 0.119 e. The van der Waals surface area contributed by atoms with E-state index in [2.05, 4.69) is 38.2 Å². The first-order valence-electron chi connectivity index (χ1n) is 7.09. The SMILES string of the molecule is CCCc1ccc(OCC(C)(CO)NC(C)C)cc1. The van der Waals surface area contributed by atoms with Crippen LogP contribution < -0.4 is 10.1 Å². The summed E-state index contributed by atoms with van der Waals surface area (Å²) in [5, 5.41) is 12.8. The number of hydrogen-bond donors (Lipinski definition) is 2. The molecule has 1 unspecified atom stereocenters. The van der Waals surface area contributed by atoms with Gasteiger partial charge in [0.05, 0.1) is 12.1 Å². The highest BCUT2D eigenvalue weighted by molar-refractivity contribution is 5.27. The average molecular weight is 265 g/mol. The van der Waals surface area contributed by atoms with Crippen molar-refractivity contribution < 1.29 is 9.84 Å². The molecule has 19 heavy (non-hydrogen) atoms. The van der Waals surface area contributed by atoms with Crippen molar-refractivity contribution in [3.63, 3.8) is 0 Å². The molecule has 0 radical (unpaired) electrons. The topological polar surface area (TPSA) is 41.5 Å². The minimum Gasteiger partial charge on any atom is -0.492 e. The summed E-state index contributed by atoms with van der Waals surface area (Å²) >= 11 is 0. The molecular formula is C16H27NO2. The van der Waals surface area contributed by atoms with E-state index in [9.17, 15) is 5.11 Å². The Kier molecular flexibility index (Phi) is 6.32. The Labute approximate surface area is 117 Å². The summed E-state index contributed by atoms with van der Waals surface area (Å²) in [4.78, 5) is 0. The van der Waals surface area contributed by atoms with Gasteiger partial charge in [-0.25, -0.2) is 0 Å². The predicted molar refractivity (Wildman–Crippen MR) is 79.7 cm³/mol. The van der Waals surface area contributed by atoms with E-state index < -0.39 is 5.54 Å². The lowest BCUT2D eigenvalue weighted by molar-refractivity contribution is 0.109. The third-order valence-electron chi connectivity index (χ3n) is 3.01. The maximum absolute atomic E-state index is 9.48. The Morgan fingerprint density at radius 1 is 1.26 bits per heavy atom. The van der Waals surface area contributed by atoms with Crippen LogP contribution in [0.1, 0.15) is 39.7 Å². The Bertz CT molecular complexity index is 362. The van der Waals surface area contributed by atoms with E-state index in [1.165, 1.54) is 5.56 Å². The zero-order chi connectivity index (χ0) is 14.3. The molecule has 0 spiro atoms. The van der Waals surface area contributed by atoms with Crippen molar-refractivity contribution in [3.05, 3.63) is 29.8 Å². The monoisotopic (exact) mass is 265 g/mol. The molecule has 0 heterocycles. The molecule has 2 N–H and O–H groups in total. The molecule has 0 aliphatic heterocycles. The van der Waals surface area contributed by atoms with Crippen LogP contribution in [0.25, 0.3) is 0 Å². The van der Waals surface area contributed by atoms with Crippen LogP contribution in [0.5, 0.6) is 5.75 Å². The summed E-state index contributed by atoms with van der Waals surface area (Å²) in [5.41, 5.74) is 0.927. The van der Waals surface area contributed by atoms with Gasteiger partial charge in [0.15, 0.2) is 0 Å². The third-order valence-corrected chi connectivity index (χ3v) is 3.01. The molecule has 0 fully saturated rings. The fourth-order valence-electron chi connectivity index (χ4n) is 2.11. The summed E-state index contributed by atoms with van der Waals surface area (Å²) in [6, 6.07) is 8.51. The largest absolute Gasteiger partial charge is 0.492 e. The van der Waals surface area contributed by atoms with Crippen LogP contribution in [0.15, 0.2) is 24.3 Å². The number of nitrogens with one attached hydrogen (secondary N) is 1. The van der Waals surface area contributed by atoms with E-state index >= 15 is 0 Å². The second kappa shape index (κ2) is 7.51. The van der Waals surface area contributed by atoms with E-state index in [-0.39, 0.29) is 6.61 Å².